The number of methoxy groups -OCH3 is 2. The van der Waals surface area contributed by atoms with Gasteiger partial charge >= 0.3 is 0 Å². The number of hydrogen-bond acceptors (Lipinski definition) is 5. The summed E-state index contributed by atoms with van der Waals surface area (Å²) in [6.45, 7) is 2.18. The number of aliphatic hydroxyl groups excluding tert-OH is 1. The molecule has 0 bridgehead atoms. The van der Waals surface area contributed by atoms with Crippen molar-refractivity contribution < 1.29 is 19.4 Å². The van der Waals surface area contributed by atoms with Crippen molar-refractivity contribution >= 4 is 12.1 Å². The van der Waals surface area contributed by atoms with Gasteiger partial charge in [-0.25, -0.2) is 5.43 Å². The van der Waals surface area contributed by atoms with Crippen LogP contribution in [0, 0.1) is 0 Å². The van der Waals surface area contributed by atoms with Gasteiger partial charge in [0, 0.05) is 6.42 Å². The van der Waals surface area contributed by atoms with E-state index in [0.29, 0.717) is 17.9 Å². The van der Waals surface area contributed by atoms with Crippen LogP contribution in [0.5, 0.6) is 11.5 Å². The molecule has 0 fully saturated rings. The van der Waals surface area contributed by atoms with Crippen LogP contribution < -0.4 is 14.9 Å². The molecule has 0 aliphatic rings. The molecular weight excluding hydrogens is 332 g/mol. The molecule has 1 aromatic carbocycles. The normalized spacial score (nSPS) is 12.2. The maximum absolute atomic E-state index is 11.8. The minimum absolute atomic E-state index is 0.202. The standard InChI is InChI=1S/C20H32N2O4/c1-4-5-6-7-8-9-17(23)11-13-20(24)22-21-15-16-10-12-18(25-2)19(14-16)26-3/h10,12,14-15,17,23H,4-9,11,13H2,1-3H3,(H,22,24)/b21-15-/t17-/m1/s1. The Kier molecular flexibility index (Phi) is 11.1. The number of hydrogen-bond donors (Lipinski definition) is 2. The molecule has 26 heavy (non-hydrogen) atoms. The van der Waals surface area contributed by atoms with E-state index >= 15 is 0 Å². The molecule has 0 aliphatic carbocycles. The van der Waals surface area contributed by atoms with Crippen molar-refractivity contribution in [2.75, 3.05) is 14.2 Å². The highest BCUT2D eigenvalue weighted by atomic mass is 16.5. The number of aliphatic hydroxyl groups is 1. The molecule has 0 spiro atoms. The van der Waals surface area contributed by atoms with Crippen LogP contribution in [0.2, 0.25) is 0 Å². The van der Waals surface area contributed by atoms with Crippen molar-refractivity contribution in [2.24, 2.45) is 5.10 Å². The van der Waals surface area contributed by atoms with Crippen molar-refractivity contribution in [1.82, 2.24) is 5.43 Å². The van der Waals surface area contributed by atoms with Gasteiger partial charge in [0.1, 0.15) is 0 Å². The third-order valence-corrected chi connectivity index (χ3v) is 4.16. The van der Waals surface area contributed by atoms with Crippen molar-refractivity contribution in [2.45, 2.75) is 64.4 Å². The first kappa shape index (κ1) is 22.0. The second-order valence-corrected chi connectivity index (χ2v) is 6.30. The summed E-state index contributed by atoms with van der Waals surface area (Å²) in [6, 6.07) is 5.37. The van der Waals surface area contributed by atoms with Crippen LogP contribution in [-0.4, -0.2) is 37.6 Å². The summed E-state index contributed by atoms with van der Waals surface area (Å²) in [5.41, 5.74) is 3.27. The average Bonchev–Trinajstić information content (AvgIpc) is 2.66. The maximum atomic E-state index is 11.8. The zero-order valence-corrected chi connectivity index (χ0v) is 16.2. The summed E-state index contributed by atoms with van der Waals surface area (Å²) in [4.78, 5) is 11.8. The highest BCUT2D eigenvalue weighted by molar-refractivity contribution is 5.83. The molecule has 146 valence electrons. The second-order valence-electron chi connectivity index (χ2n) is 6.30. The van der Waals surface area contributed by atoms with Gasteiger partial charge in [0.25, 0.3) is 0 Å². The van der Waals surface area contributed by atoms with E-state index in [9.17, 15) is 9.90 Å². The SMILES string of the molecule is CCCCCCC[C@@H](O)CCC(=O)N/N=C\c1ccc(OC)c(OC)c1. The number of rotatable bonds is 13. The molecule has 1 amide bonds. The first-order valence-corrected chi connectivity index (χ1v) is 9.32. The Hall–Kier alpha value is -2.08. The summed E-state index contributed by atoms with van der Waals surface area (Å²) in [6.07, 6.45) is 8.45. The fraction of sp³-hybridized carbons (Fsp3) is 0.600. The molecule has 0 radical (unpaired) electrons. The van der Waals surface area contributed by atoms with Gasteiger partial charge in [-0.15, -0.1) is 0 Å². The second kappa shape index (κ2) is 13.2. The van der Waals surface area contributed by atoms with E-state index in [2.05, 4.69) is 17.5 Å². The lowest BCUT2D eigenvalue weighted by Crippen LogP contribution is -2.19. The topological polar surface area (TPSA) is 80.2 Å². The molecule has 1 rings (SSSR count). The van der Waals surface area contributed by atoms with Crippen LogP contribution in [-0.2, 0) is 4.79 Å². The van der Waals surface area contributed by atoms with Gasteiger partial charge in [-0.1, -0.05) is 39.0 Å². The van der Waals surface area contributed by atoms with E-state index < -0.39 is 6.10 Å². The van der Waals surface area contributed by atoms with E-state index in [-0.39, 0.29) is 12.3 Å². The van der Waals surface area contributed by atoms with E-state index in [1.54, 1.807) is 32.6 Å². The molecule has 0 saturated carbocycles. The lowest BCUT2D eigenvalue weighted by molar-refractivity contribution is -0.121. The average molecular weight is 364 g/mol. The molecule has 1 atom stereocenters. The molecule has 0 heterocycles. The molecule has 2 N–H and O–H groups in total. The Labute approximate surface area is 156 Å². The highest BCUT2D eigenvalue weighted by Crippen LogP contribution is 2.26. The number of nitrogens with one attached hydrogen (secondary N) is 1. The van der Waals surface area contributed by atoms with Crippen molar-refractivity contribution in [3.8, 4) is 11.5 Å². The number of benzene rings is 1. The number of nitrogens with zero attached hydrogens (tertiary/aromatic N) is 1. The van der Waals surface area contributed by atoms with E-state index in [1.807, 2.05) is 6.07 Å². The van der Waals surface area contributed by atoms with E-state index in [4.69, 9.17) is 9.47 Å². The third-order valence-electron chi connectivity index (χ3n) is 4.16. The zero-order chi connectivity index (χ0) is 19.2. The van der Waals surface area contributed by atoms with Crippen molar-refractivity contribution in [1.29, 1.82) is 0 Å². The number of unbranched alkanes of at least 4 members (excludes halogenated alkanes) is 4. The van der Waals surface area contributed by atoms with Gasteiger partial charge in [0.05, 0.1) is 26.5 Å². The summed E-state index contributed by atoms with van der Waals surface area (Å²) in [7, 11) is 3.14. The first-order chi connectivity index (χ1) is 12.6. The van der Waals surface area contributed by atoms with Crippen molar-refractivity contribution in [3.05, 3.63) is 23.8 Å². The van der Waals surface area contributed by atoms with Crippen LogP contribution >= 0.6 is 0 Å². The lowest BCUT2D eigenvalue weighted by Gasteiger charge is -2.09. The van der Waals surface area contributed by atoms with E-state index in [1.165, 1.54) is 19.3 Å². The van der Waals surface area contributed by atoms with E-state index in [0.717, 1.165) is 24.8 Å². The number of carbonyl (C=O) groups is 1. The first-order valence-electron chi connectivity index (χ1n) is 9.32. The Bertz CT molecular complexity index is 561. The molecule has 6 nitrogen and oxygen atoms in total. The molecule has 0 aromatic heterocycles. The summed E-state index contributed by atoms with van der Waals surface area (Å²) in [5.74, 6) is 1.04. The molecule has 0 unspecified atom stereocenters. The number of carbonyl (C=O) groups excluding carboxylic acids is 1. The Morgan fingerprint density at radius 1 is 1.15 bits per heavy atom. The van der Waals surface area contributed by atoms with Crippen LogP contribution in [0.25, 0.3) is 0 Å². The fourth-order valence-electron chi connectivity index (χ4n) is 2.59. The van der Waals surface area contributed by atoms with Gasteiger partial charge < -0.3 is 14.6 Å². The zero-order valence-electron chi connectivity index (χ0n) is 16.2. The van der Waals surface area contributed by atoms with Gasteiger partial charge in [-0.05, 0) is 36.6 Å². The van der Waals surface area contributed by atoms with Crippen LogP contribution in [0.4, 0.5) is 0 Å². The molecule has 6 heteroatoms. The van der Waals surface area contributed by atoms with Crippen LogP contribution in [0.15, 0.2) is 23.3 Å². The van der Waals surface area contributed by atoms with Gasteiger partial charge in [0.15, 0.2) is 11.5 Å². The number of ether oxygens (including phenoxy) is 2. The molecular formula is C20H32N2O4. The maximum Gasteiger partial charge on any atom is 0.240 e. The van der Waals surface area contributed by atoms with Crippen LogP contribution in [0.1, 0.15) is 63.9 Å². The number of amides is 1. The van der Waals surface area contributed by atoms with Crippen LogP contribution in [0.3, 0.4) is 0 Å². The molecule has 0 saturated heterocycles. The highest BCUT2D eigenvalue weighted by Gasteiger charge is 2.08. The smallest absolute Gasteiger partial charge is 0.240 e. The fourth-order valence-corrected chi connectivity index (χ4v) is 2.59. The monoisotopic (exact) mass is 364 g/mol. The summed E-state index contributed by atoms with van der Waals surface area (Å²) in [5, 5.41) is 13.9. The largest absolute Gasteiger partial charge is 0.493 e. The van der Waals surface area contributed by atoms with Crippen molar-refractivity contribution in [3.63, 3.8) is 0 Å². The summed E-state index contributed by atoms with van der Waals surface area (Å²) < 4.78 is 10.4. The quantitative estimate of drug-likeness (QED) is 0.318. The minimum atomic E-state index is -0.419. The summed E-state index contributed by atoms with van der Waals surface area (Å²) >= 11 is 0. The molecule has 1 aromatic rings. The van der Waals surface area contributed by atoms with Gasteiger partial charge in [0.2, 0.25) is 5.91 Å². The Balaban J connectivity index is 2.28. The molecule has 0 aliphatic heterocycles. The lowest BCUT2D eigenvalue weighted by atomic mass is 10.0. The third kappa shape index (κ3) is 8.85. The van der Waals surface area contributed by atoms with Gasteiger partial charge in [-0.2, -0.15) is 5.10 Å². The predicted molar refractivity (Wildman–Crippen MR) is 104 cm³/mol. The van der Waals surface area contributed by atoms with Gasteiger partial charge in [-0.3, -0.25) is 4.79 Å². The Morgan fingerprint density at radius 2 is 1.88 bits per heavy atom. The minimum Gasteiger partial charge on any atom is -0.493 e. The Morgan fingerprint density at radius 3 is 2.58 bits per heavy atom. The predicted octanol–water partition coefficient (Wildman–Crippen LogP) is 3.66. The number of hydrazone groups is 1.